The van der Waals surface area contributed by atoms with Crippen LogP contribution < -0.4 is 9.47 Å². The van der Waals surface area contributed by atoms with Gasteiger partial charge in [-0.3, -0.25) is 0 Å². The molecule has 0 aromatic heterocycles. The number of benzene rings is 1. The lowest BCUT2D eigenvalue weighted by Gasteiger charge is -2.24. The number of hydrogen-bond donors (Lipinski definition) is 0. The van der Waals surface area contributed by atoms with Crippen LogP contribution in [0.4, 0.5) is 0 Å². The predicted molar refractivity (Wildman–Crippen MR) is 87.5 cm³/mol. The summed E-state index contributed by atoms with van der Waals surface area (Å²) in [7, 11) is -3.21. The molecule has 2 heterocycles. The van der Waals surface area contributed by atoms with Crippen molar-refractivity contribution in [2.45, 2.75) is 51.6 Å². The van der Waals surface area contributed by atoms with Crippen LogP contribution in [-0.4, -0.2) is 37.7 Å². The quantitative estimate of drug-likeness (QED) is 0.799. The van der Waals surface area contributed by atoms with Gasteiger partial charge in [0, 0.05) is 42.1 Å². The molecule has 0 saturated heterocycles. The molecular weight excluding hydrogens is 314 g/mol. The molecule has 0 spiro atoms. The molecule has 5 nitrogen and oxygen atoms in total. The second kappa shape index (κ2) is 5.67. The molecule has 1 fully saturated rings. The van der Waals surface area contributed by atoms with Gasteiger partial charge in [-0.15, -0.1) is 0 Å². The van der Waals surface area contributed by atoms with Crippen molar-refractivity contribution in [3.8, 4) is 11.5 Å². The monoisotopic (exact) mass is 337 g/mol. The minimum Gasteiger partial charge on any atom is -0.493 e. The SMILES string of the molecule is CCCS(=O)(=O)N(Cc1c2c(cc3c1OCC3)OCC2)C1CC1. The van der Waals surface area contributed by atoms with E-state index >= 15 is 0 Å². The molecule has 0 bridgehead atoms. The molecule has 4 rings (SSSR count). The van der Waals surface area contributed by atoms with Gasteiger partial charge in [0.25, 0.3) is 0 Å². The van der Waals surface area contributed by atoms with Crippen molar-refractivity contribution in [1.29, 1.82) is 0 Å². The highest BCUT2D eigenvalue weighted by Crippen LogP contribution is 2.43. The van der Waals surface area contributed by atoms with Gasteiger partial charge in [-0.25, -0.2) is 8.42 Å². The highest BCUT2D eigenvalue weighted by molar-refractivity contribution is 7.89. The fourth-order valence-corrected chi connectivity index (χ4v) is 5.34. The molecular formula is C17H23NO4S. The van der Waals surface area contributed by atoms with E-state index in [2.05, 4.69) is 6.07 Å². The maximum absolute atomic E-state index is 12.7. The summed E-state index contributed by atoms with van der Waals surface area (Å²) < 4.78 is 38.6. The summed E-state index contributed by atoms with van der Waals surface area (Å²) in [6, 6.07) is 2.25. The van der Waals surface area contributed by atoms with E-state index in [1.165, 1.54) is 0 Å². The maximum Gasteiger partial charge on any atom is 0.214 e. The zero-order valence-electron chi connectivity index (χ0n) is 13.5. The van der Waals surface area contributed by atoms with Crippen LogP contribution in [0.1, 0.15) is 42.9 Å². The first kappa shape index (κ1) is 15.3. The largest absolute Gasteiger partial charge is 0.493 e. The number of hydrogen-bond acceptors (Lipinski definition) is 4. The van der Waals surface area contributed by atoms with E-state index in [0.29, 0.717) is 26.2 Å². The summed E-state index contributed by atoms with van der Waals surface area (Å²) in [6.45, 7) is 3.70. The van der Waals surface area contributed by atoms with Crippen molar-refractivity contribution in [3.63, 3.8) is 0 Å². The van der Waals surface area contributed by atoms with Crippen molar-refractivity contribution in [2.24, 2.45) is 0 Å². The molecule has 6 heteroatoms. The summed E-state index contributed by atoms with van der Waals surface area (Å²) in [5.41, 5.74) is 3.34. The Morgan fingerprint density at radius 3 is 2.74 bits per heavy atom. The number of sulfonamides is 1. The lowest BCUT2D eigenvalue weighted by Crippen LogP contribution is -2.34. The Kier molecular flexibility index (Phi) is 3.76. The highest BCUT2D eigenvalue weighted by atomic mass is 32.2. The maximum atomic E-state index is 12.7. The van der Waals surface area contributed by atoms with Crippen LogP contribution in [0, 0.1) is 0 Å². The molecule has 126 valence electrons. The van der Waals surface area contributed by atoms with Crippen LogP contribution >= 0.6 is 0 Å². The van der Waals surface area contributed by atoms with Crippen LogP contribution in [0.3, 0.4) is 0 Å². The Bertz CT molecular complexity index is 692. The number of rotatable bonds is 6. The van der Waals surface area contributed by atoms with Crippen LogP contribution in [0.15, 0.2) is 6.07 Å². The zero-order chi connectivity index (χ0) is 16.0. The van der Waals surface area contributed by atoms with E-state index in [-0.39, 0.29) is 11.8 Å². The fourth-order valence-electron chi connectivity index (χ4n) is 3.60. The van der Waals surface area contributed by atoms with Crippen molar-refractivity contribution < 1.29 is 17.9 Å². The smallest absolute Gasteiger partial charge is 0.214 e. The Labute approximate surface area is 137 Å². The Hall–Kier alpha value is -1.27. The zero-order valence-corrected chi connectivity index (χ0v) is 14.3. The van der Waals surface area contributed by atoms with E-state index < -0.39 is 10.0 Å². The van der Waals surface area contributed by atoms with Gasteiger partial charge in [-0.2, -0.15) is 4.31 Å². The van der Waals surface area contributed by atoms with Crippen LogP contribution in [0.5, 0.6) is 11.5 Å². The molecule has 1 aromatic carbocycles. The summed E-state index contributed by atoms with van der Waals surface area (Å²) in [5, 5.41) is 0. The van der Waals surface area contributed by atoms with E-state index in [1.54, 1.807) is 4.31 Å². The van der Waals surface area contributed by atoms with Gasteiger partial charge >= 0.3 is 0 Å². The molecule has 1 saturated carbocycles. The minimum atomic E-state index is -3.21. The molecule has 1 aliphatic carbocycles. The highest BCUT2D eigenvalue weighted by Gasteiger charge is 2.38. The lowest BCUT2D eigenvalue weighted by molar-refractivity contribution is 0.341. The minimum absolute atomic E-state index is 0.168. The summed E-state index contributed by atoms with van der Waals surface area (Å²) >= 11 is 0. The topological polar surface area (TPSA) is 55.8 Å². The third-order valence-corrected chi connectivity index (χ3v) is 6.91. The van der Waals surface area contributed by atoms with E-state index in [4.69, 9.17) is 9.47 Å². The standard InChI is InChI=1S/C17H23NO4S/c1-2-9-23(19,20)18(13-3-4-13)11-15-14-6-8-21-16(14)10-12-5-7-22-17(12)15/h10,13H,2-9,11H2,1H3. The first-order chi connectivity index (χ1) is 11.1. The van der Waals surface area contributed by atoms with Gasteiger partial charge < -0.3 is 9.47 Å². The Morgan fingerprint density at radius 2 is 2.00 bits per heavy atom. The normalized spacial score (nSPS) is 19.4. The molecule has 1 aromatic rings. The molecule has 3 aliphatic rings. The molecule has 0 radical (unpaired) electrons. The fraction of sp³-hybridized carbons (Fsp3) is 0.647. The van der Waals surface area contributed by atoms with Crippen LogP contribution in [0.2, 0.25) is 0 Å². The van der Waals surface area contributed by atoms with E-state index in [9.17, 15) is 8.42 Å². The average molecular weight is 337 g/mol. The molecule has 0 N–H and O–H groups in total. The summed E-state index contributed by atoms with van der Waals surface area (Å²) in [4.78, 5) is 0. The molecule has 2 aliphatic heterocycles. The second-order valence-electron chi connectivity index (χ2n) is 6.61. The third kappa shape index (κ3) is 2.72. The Morgan fingerprint density at radius 1 is 1.22 bits per heavy atom. The summed E-state index contributed by atoms with van der Waals surface area (Å²) in [5.74, 6) is 2.05. The van der Waals surface area contributed by atoms with Crippen LogP contribution in [0.25, 0.3) is 0 Å². The van der Waals surface area contributed by atoms with Crippen molar-refractivity contribution >= 4 is 10.0 Å². The lowest BCUT2D eigenvalue weighted by atomic mass is 9.99. The number of ether oxygens (including phenoxy) is 2. The first-order valence-electron chi connectivity index (χ1n) is 8.53. The third-order valence-electron chi connectivity index (χ3n) is 4.85. The van der Waals surface area contributed by atoms with Gasteiger partial charge in [-0.1, -0.05) is 6.92 Å². The number of fused-ring (bicyclic) bond motifs is 2. The van der Waals surface area contributed by atoms with Crippen LogP contribution in [-0.2, 0) is 29.4 Å². The molecule has 0 amide bonds. The van der Waals surface area contributed by atoms with Gasteiger partial charge in [0.15, 0.2) is 0 Å². The molecule has 23 heavy (non-hydrogen) atoms. The predicted octanol–water partition coefficient (Wildman–Crippen LogP) is 2.26. The second-order valence-corrected chi connectivity index (χ2v) is 8.65. The van der Waals surface area contributed by atoms with Crippen molar-refractivity contribution in [2.75, 3.05) is 19.0 Å². The average Bonchev–Trinajstić information content (AvgIpc) is 3.04. The van der Waals surface area contributed by atoms with Gasteiger partial charge in [0.05, 0.1) is 19.0 Å². The molecule has 0 atom stereocenters. The number of nitrogens with zero attached hydrogens (tertiary/aromatic N) is 1. The van der Waals surface area contributed by atoms with Crippen molar-refractivity contribution in [3.05, 3.63) is 22.8 Å². The summed E-state index contributed by atoms with van der Waals surface area (Å²) in [6.07, 6.45) is 4.31. The first-order valence-corrected chi connectivity index (χ1v) is 10.1. The molecule has 0 unspecified atom stereocenters. The van der Waals surface area contributed by atoms with Crippen molar-refractivity contribution in [1.82, 2.24) is 4.31 Å². The van der Waals surface area contributed by atoms with Gasteiger partial charge in [0.1, 0.15) is 11.5 Å². The van der Waals surface area contributed by atoms with Gasteiger partial charge in [0.2, 0.25) is 10.0 Å². The Balaban J connectivity index is 1.73. The van der Waals surface area contributed by atoms with E-state index in [1.807, 2.05) is 6.92 Å². The van der Waals surface area contributed by atoms with Gasteiger partial charge in [-0.05, 0) is 25.3 Å². The van der Waals surface area contributed by atoms with E-state index in [0.717, 1.165) is 53.9 Å².